The second-order valence-electron chi connectivity index (χ2n) is 12.2. The Kier molecular flexibility index (Phi) is 11.3. The van der Waals surface area contributed by atoms with Crippen molar-refractivity contribution < 1.29 is 34.4 Å². The third-order valence-corrected chi connectivity index (χ3v) is 9.73. The first-order valence-corrected chi connectivity index (χ1v) is 15.9. The van der Waals surface area contributed by atoms with Gasteiger partial charge in [-0.25, -0.2) is 0 Å². The van der Waals surface area contributed by atoms with Crippen LogP contribution in [-0.4, -0.2) is 77.1 Å². The molecule has 2 saturated carbocycles. The van der Waals surface area contributed by atoms with Crippen molar-refractivity contribution in [2.75, 3.05) is 26.8 Å². The van der Waals surface area contributed by atoms with Gasteiger partial charge in [0.15, 0.2) is 11.5 Å². The summed E-state index contributed by atoms with van der Waals surface area (Å²) in [5.41, 5.74) is 1.06. The van der Waals surface area contributed by atoms with E-state index in [0.29, 0.717) is 56.9 Å². The standard InChI is InChI=1S/C31H45IN2O7/c1-18(2)6-8-34(28(37)16-22-11-19-4-5-21(22)10-19)25-14-23(31(39)33-7-9-35)15-26(29(25)38)41-30-24(32)12-20(17-36)13-27(30)40-3/h12-13,15,18-19,21-22,25-26,29,35-36,38H,4-11,14,16-17H2,1-3H3,(H,33,39)/t19?,21?,22?,25-,26+,29+/m1/s1. The van der Waals surface area contributed by atoms with E-state index in [1.807, 2.05) is 0 Å². The summed E-state index contributed by atoms with van der Waals surface area (Å²) < 4.78 is 12.6. The molecule has 3 aliphatic carbocycles. The van der Waals surface area contributed by atoms with Gasteiger partial charge >= 0.3 is 0 Å². The maximum Gasteiger partial charge on any atom is 0.247 e. The van der Waals surface area contributed by atoms with Gasteiger partial charge in [-0.1, -0.05) is 20.3 Å². The van der Waals surface area contributed by atoms with Crippen LogP contribution in [0.3, 0.4) is 0 Å². The van der Waals surface area contributed by atoms with Crippen LogP contribution in [0.1, 0.15) is 64.4 Å². The lowest BCUT2D eigenvalue weighted by Crippen LogP contribution is -2.55. The van der Waals surface area contributed by atoms with E-state index in [1.54, 1.807) is 23.1 Å². The first-order valence-electron chi connectivity index (χ1n) is 14.9. The van der Waals surface area contributed by atoms with E-state index < -0.39 is 18.2 Å². The second-order valence-corrected chi connectivity index (χ2v) is 13.4. The summed E-state index contributed by atoms with van der Waals surface area (Å²) in [5, 5.41) is 33.4. The molecular formula is C31H45IN2O7. The molecule has 228 valence electrons. The number of amides is 2. The van der Waals surface area contributed by atoms with Crippen molar-refractivity contribution in [2.24, 2.45) is 23.7 Å². The zero-order chi connectivity index (χ0) is 29.7. The maximum atomic E-state index is 13.9. The fraction of sp³-hybridized carbons (Fsp3) is 0.677. The number of ether oxygens (including phenoxy) is 2. The van der Waals surface area contributed by atoms with Gasteiger partial charge in [-0.2, -0.15) is 0 Å². The number of aliphatic hydroxyl groups excluding tert-OH is 3. The minimum absolute atomic E-state index is 0.0301. The van der Waals surface area contributed by atoms with Crippen LogP contribution in [0.25, 0.3) is 0 Å². The van der Waals surface area contributed by atoms with Crippen molar-refractivity contribution in [1.82, 2.24) is 10.2 Å². The van der Waals surface area contributed by atoms with Gasteiger partial charge in [-0.15, -0.1) is 0 Å². The number of aliphatic hydroxyl groups is 3. The molecule has 2 bridgehead atoms. The molecule has 3 aliphatic rings. The van der Waals surface area contributed by atoms with Crippen LogP contribution >= 0.6 is 22.6 Å². The zero-order valence-electron chi connectivity index (χ0n) is 24.4. The van der Waals surface area contributed by atoms with Crippen molar-refractivity contribution in [3.8, 4) is 11.5 Å². The van der Waals surface area contributed by atoms with Gasteiger partial charge < -0.3 is 35.0 Å². The number of nitrogens with one attached hydrogen (secondary N) is 1. The van der Waals surface area contributed by atoms with Crippen LogP contribution < -0.4 is 14.8 Å². The highest BCUT2D eigenvalue weighted by atomic mass is 127. The van der Waals surface area contributed by atoms with Crippen LogP contribution in [0, 0.1) is 27.2 Å². The molecule has 0 heterocycles. The predicted octanol–water partition coefficient (Wildman–Crippen LogP) is 3.41. The van der Waals surface area contributed by atoms with Crippen molar-refractivity contribution in [2.45, 2.75) is 83.6 Å². The van der Waals surface area contributed by atoms with Crippen molar-refractivity contribution in [3.63, 3.8) is 0 Å². The topological polar surface area (TPSA) is 129 Å². The van der Waals surface area contributed by atoms with Gasteiger partial charge in [0.05, 0.1) is 29.9 Å². The van der Waals surface area contributed by atoms with E-state index in [2.05, 4.69) is 41.8 Å². The molecule has 0 aromatic heterocycles. The molecule has 1 aromatic carbocycles. The summed E-state index contributed by atoms with van der Waals surface area (Å²) >= 11 is 2.09. The first kappa shape index (κ1) is 32.0. The van der Waals surface area contributed by atoms with Gasteiger partial charge in [-0.05, 0) is 95.7 Å². The summed E-state index contributed by atoms with van der Waals surface area (Å²) in [6.45, 7) is 4.46. The average Bonchev–Trinajstić information content (AvgIpc) is 3.57. The number of rotatable bonds is 13. The van der Waals surface area contributed by atoms with Crippen LogP contribution in [0.5, 0.6) is 11.5 Å². The normalized spacial score (nSPS) is 27.1. The van der Waals surface area contributed by atoms with Crippen molar-refractivity contribution in [3.05, 3.63) is 32.9 Å². The van der Waals surface area contributed by atoms with Gasteiger partial charge in [0.1, 0.15) is 12.2 Å². The number of halogens is 1. The smallest absolute Gasteiger partial charge is 0.247 e. The van der Waals surface area contributed by atoms with E-state index in [4.69, 9.17) is 9.47 Å². The average molecular weight is 685 g/mol. The summed E-state index contributed by atoms with van der Waals surface area (Å²) in [7, 11) is 1.51. The largest absolute Gasteiger partial charge is 0.493 e. The van der Waals surface area contributed by atoms with E-state index in [1.165, 1.54) is 26.4 Å². The fourth-order valence-corrected chi connectivity index (χ4v) is 7.53. The Morgan fingerprint density at radius 1 is 1.20 bits per heavy atom. The SMILES string of the molecule is COc1cc(CO)cc(I)c1O[C@H]1C=C(C(=O)NCCO)C[C@@H](N(CCC(C)C)C(=O)CC2CC3CCC2C3)[C@@H]1O. The number of hydrogen-bond donors (Lipinski definition) is 4. The molecule has 0 saturated heterocycles. The van der Waals surface area contributed by atoms with E-state index in [0.717, 1.165) is 18.8 Å². The highest BCUT2D eigenvalue weighted by molar-refractivity contribution is 14.1. The maximum absolute atomic E-state index is 13.9. The second kappa shape index (κ2) is 14.5. The van der Waals surface area contributed by atoms with Crippen LogP contribution in [0.4, 0.5) is 0 Å². The number of carbonyl (C=O) groups excluding carboxylic acids is 2. The molecule has 9 nitrogen and oxygen atoms in total. The summed E-state index contributed by atoms with van der Waals surface area (Å²) in [4.78, 5) is 28.9. The number of methoxy groups -OCH3 is 1. The Bertz CT molecular complexity index is 1110. The molecule has 0 aliphatic heterocycles. The molecule has 2 amide bonds. The van der Waals surface area contributed by atoms with Crippen LogP contribution in [0.2, 0.25) is 0 Å². The minimum atomic E-state index is -1.08. The Hall–Kier alpha value is -1.89. The Labute approximate surface area is 256 Å². The fourth-order valence-electron chi connectivity index (χ4n) is 6.74. The van der Waals surface area contributed by atoms with Crippen LogP contribution in [-0.2, 0) is 16.2 Å². The highest BCUT2D eigenvalue weighted by Crippen LogP contribution is 2.50. The highest BCUT2D eigenvalue weighted by Gasteiger charge is 2.44. The first-order chi connectivity index (χ1) is 19.6. The van der Waals surface area contributed by atoms with E-state index in [-0.39, 0.29) is 38.0 Å². The molecular weight excluding hydrogens is 639 g/mol. The lowest BCUT2D eigenvalue weighted by atomic mass is 9.84. The monoisotopic (exact) mass is 684 g/mol. The molecule has 0 radical (unpaired) electrons. The zero-order valence-corrected chi connectivity index (χ0v) is 26.5. The minimum Gasteiger partial charge on any atom is -0.493 e. The van der Waals surface area contributed by atoms with Gasteiger partial charge in [0.25, 0.3) is 0 Å². The quantitative estimate of drug-likeness (QED) is 0.235. The molecule has 0 spiro atoms. The van der Waals surface area contributed by atoms with Gasteiger partial charge in [0, 0.05) is 31.5 Å². The number of benzene rings is 1. The number of hydrogen-bond acceptors (Lipinski definition) is 7. The van der Waals surface area contributed by atoms with Crippen LogP contribution in [0.15, 0.2) is 23.8 Å². The van der Waals surface area contributed by atoms with Gasteiger partial charge in [0.2, 0.25) is 11.8 Å². The summed E-state index contributed by atoms with van der Waals surface area (Å²) in [5.74, 6) is 2.56. The number of nitrogens with zero attached hydrogens (tertiary/aromatic N) is 1. The lowest BCUT2D eigenvalue weighted by Gasteiger charge is -2.41. The molecule has 4 N–H and O–H groups in total. The molecule has 10 heteroatoms. The third-order valence-electron chi connectivity index (χ3n) is 8.93. The third kappa shape index (κ3) is 7.74. The van der Waals surface area contributed by atoms with Crippen molar-refractivity contribution in [1.29, 1.82) is 0 Å². The Balaban J connectivity index is 1.64. The Morgan fingerprint density at radius 3 is 2.59 bits per heavy atom. The molecule has 3 unspecified atom stereocenters. The molecule has 4 rings (SSSR count). The van der Waals surface area contributed by atoms with E-state index >= 15 is 0 Å². The Morgan fingerprint density at radius 2 is 1.98 bits per heavy atom. The summed E-state index contributed by atoms with van der Waals surface area (Å²) in [6.07, 6.45) is 5.83. The molecule has 1 aromatic rings. The predicted molar refractivity (Wildman–Crippen MR) is 163 cm³/mol. The molecule has 6 atom stereocenters. The number of carbonyl (C=O) groups is 2. The lowest BCUT2D eigenvalue weighted by molar-refractivity contribution is -0.140. The van der Waals surface area contributed by atoms with Crippen molar-refractivity contribution >= 4 is 34.4 Å². The van der Waals surface area contributed by atoms with E-state index in [9.17, 15) is 24.9 Å². The number of fused-ring (bicyclic) bond motifs is 2. The summed E-state index contributed by atoms with van der Waals surface area (Å²) in [6, 6.07) is 2.80. The van der Waals surface area contributed by atoms with Gasteiger partial charge in [-0.3, -0.25) is 9.59 Å². The molecule has 41 heavy (non-hydrogen) atoms. The molecule has 2 fully saturated rings.